The van der Waals surface area contributed by atoms with E-state index < -0.39 is 7.26 Å². The van der Waals surface area contributed by atoms with Crippen LogP contribution >= 0.6 is 7.26 Å². The zero-order valence-corrected chi connectivity index (χ0v) is 22.4. The second-order valence-electron chi connectivity index (χ2n) is 8.61. The number of hydrogen-bond donors (Lipinski definition) is 0. The molecule has 0 atom stereocenters. The van der Waals surface area contributed by atoms with Gasteiger partial charge in [-0.3, -0.25) is 4.79 Å². The highest BCUT2D eigenvalue weighted by Gasteiger charge is 2.45. The number of carbonyl (C=O) groups is 1. The summed E-state index contributed by atoms with van der Waals surface area (Å²) < 4.78 is 1.96. The van der Waals surface area contributed by atoms with Gasteiger partial charge in [-0.05, 0) is 42.0 Å². The van der Waals surface area contributed by atoms with Crippen LogP contribution in [0.15, 0.2) is 134 Å². The predicted molar refractivity (Wildman–Crippen MR) is 147 cm³/mol. The number of hydrogen-bond acceptors (Lipinski definition) is 2. The number of aromatic nitrogens is 2. The van der Waals surface area contributed by atoms with Crippen molar-refractivity contribution < 1.29 is 21.8 Å². The lowest BCUT2D eigenvalue weighted by Crippen LogP contribution is -3.00. The van der Waals surface area contributed by atoms with Crippen molar-refractivity contribution in [2.45, 2.75) is 13.0 Å². The Morgan fingerprint density at radius 3 is 1.58 bits per heavy atom. The molecule has 4 aromatic carbocycles. The number of ketones is 1. The Morgan fingerprint density at radius 2 is 1.11 bits per heavy atom. The monoisotopic (exact) mass is 554 g/mol. The Labute approximate surface area is 224 Å². The highest BCUT2D eigenvalue weighted by molar-refractivity contribution is 7.95. The van der Waals surface area contributed by atoms with Crippen LogP contribution in [0.3, 0.4) is 0 Å². The molecule has 0 aliphatic rings. The number of halogens is 1. The smallest absolute Gasteiger partial charge is 0.184 e. The SMILES string of the molecule is O=C(CC[P+](c1ccccc1)(c1ccccc1)c1ccccc1)c1cncn1Cc1ccccc1.[Br-]. The molecule has 5 rings (SSSR count). The van der Waals surface area contributed by atoms with Crippen LogP contribution in [0, 0.1) is 0 Å². The first-order valence-corrected chi connectivity index (χ1v) is 13.9. The number of rotatable bonds is 9. The van der Waals surface area contributed by atoms with Crippen LogP contribution in [-0.4, -0.2) is 21.5 Å². The van der Waals surface area contributed by atoms with Gasteiger partial charge in [-0.2, -0.15) is 0 Å². The molecule has 180 valence electrons. The van der Waals surface area contributed by atoms with Gasteiger partial charge in [0, 0.05) is 13.0 Å². The fourth-order valence-electron chi connectivity index (χ4n) is 4.74. The zero-order valence-electron chi connectivity index (χ0n) is 20.0. The minimum atomic E-state index is -2.04. The van der Waals surface area contributed by atoms with E-state index >= 15 is 0 Å². The first-order chi connectivity index (χ1) is 17.3. The molecule has 3 nitrogen and oxygen atoms in total. The molecule has 0 saturated carbocycles. The maximum absolute atomic E-state index is 13.6. The van der Waals surface area contributed by atoms with Gasteiger partial charge in [-0.1, -0.05) is 84.9 Å². The lowest BCUT2D eigenvalue weighted by Gasteiger charge is -2.27. The Morgan fingerprint density at radius 1 is 0.667 bits per heavy atom. The van der Waals surface area contributed by atoms with Crippen molar-refractivity contribution >= 4 is 29.0 Å². The fraction of sp³-hybridized carbons (Fsp3) is 0.0968. The summed E-state index contributed by atoms with van der Waals surface area (Å²) in [7, 11) is -2.04. The largest absolute Gasteiger partial charge is 1.00 e. The van der Waals surface area contributed by atoms with Gasteiger partial charge >= 0.3 is 0 Å². The first kappa shape index (κ1) is 25.8. The number of benzene rings is 4. The van der Waals surface area contributed by atoms with Crippen LogP contribution in [0.4, 0.5) is 0 Å². The lowest BCUT2D eigenvalue weighted by molar-refractivity contribution is -0.0000147. The number of imidazole rings is 1. The Bertz CT molecular complexity index is 1280. The highest BCUT2D eigenvalue weighted by atomic mass is 79.9. The van der Waals surface area contributed by atoms with E-state index in [1.165, 1.54) is 15.9 Å². The second kappa shape index (κ2) is 12.1. The molecule has 0 spiro atoms. The van der Waals surface area contributed by atoms with Crippen LogP contribution in [0.1, 0.15) is 22.5 Å². The standard InChI is InChI=1S/C31H28N2OP.BrH/c34-31(30-23-32-25-33(30)24-26-13-5-1-6-14-26)21-22-35(27-15-7-2-8-16-27,28-17-9-3-10-18-28)29-19-11-4-12-20-29;/h1-20,23,25H,21-22,24H2;1H/q+1;/p-1. The molecule has 0 radical (unpaired) electrons. The van der Waals surface area contributed by atoms with E-state index in [0.29, 0.717) is 18.7 Å². The molecule has 0 unspecified atom stereocenters. The number of nitrogens with zero attached hydrogens (tertiary/aromatic N) is 2. The van der Waals surface area contributed by atoms with Crippen molar-refractivity contribution in [3.05, 3.63) is 145 Å². The van der Waals surface area contributed by atoms with Crippen molar-refractivity contribution in [2.75, 3.05) is 6.16 Å². The summed E-state index contributed by atoms with van der Waals surface area (Å²) in [6, 6.07) is 42.3. The second-order valence-corrected chi connectivity index (χ2v) is 12.2. The molecule has 5 heteroatoms. The Hall–Kier alpha value is -3.33. The summed E-state index contributed by atoms with van der Waals surface area (Å²) in [5.41, 5.74) is 1.82. The molecule has 36 heavy (non-hydrogen) atoms. The summed E-state index contributed by atoms with van der Waals surface area (Å²) in [5, 5.41) is 3.88. The van der Waals surface area contributed by atoms with Gasteiger partial charge in [0.05, 0.1) is 18.7 Å². The maximum atomic E-state index is 13.6. The predicted octanol–water partition coefficient (Wildman–Crippen LogP) is 2.50. The molecule has 5 aromatic rings. The van der Waals surface area contributed by atoms with Crippen molar-refractivity contribution in [2.24, 2.45) is 0 Å². The van der Waals surface area contributed by atoms with Crippen LogP contribution in [-0.2, 0) is 6.54 Å². The van der Waals surface area contributed by atoms with Crippen molar-refractivity contribution in [1.29, 1.82) is 0 Å². The third kappa shape index (κ3) is 5.41. The average molecular weight is 555 g/mol. The van der Waals surface area contributed by atoms with Crippen LogP contribution < -0.4 is 32.9 Å². The molecule has 1 aromatic heterocycles. The van der Waals surface area contributed by atoms with Crippen molar-refractivity contribution in [3.8, 4) is 0 Å². The number of carbonyl (C=O) groups excluding carboxylic acids is 1. The quantitative estimate of drug-likeness (QED) is 0.207. The van der Waals surface area contributed by atoms with E-state index in [4.69, 9.17) is 0 Å². The van der Waals surface area contributed by atoms with Gasteiger partial charge in [0.2, 0.25) is 0 Å². The Balaban J connectivity index is 0.00000304. The Kier molecular flexibility index (Phi) is 8.64. The first-order valence-electron chi connectivity index (χ1n) is 11.9. The van der Waals surface area contributed by atoms with E-state index in [2.05, 4.69) is 108 Å². The van der Waals surface area contributed by atoms with E-state index in [1.807, 2.05) is 22.8 Å². The van der Waals surface area contributed by atoms with Crippen LogP contribution in [0.5, 0.6) is 0 Å². The van der Waals surface area contributed by atoms with E-state index in [1.54, 1.807) is 12.5 Å². The van der Waals surface area contributed by atoms with Crippen LogP contribution in [0.25, 0.3) is 0 Å². The molecule has 0 fully saturated rings. The van der Waals surface area contributed by atoms with Gasteiger partial charge in [0.25, 0.3) is 0 Å². The molecule has 0 aliphatic heterocycles. The molecular formula is C31H28BrN2OP. The zero-order chi connectivity index (χ0) is 23.9. The van der Waals surface area contributed by atoms with E-state index in [-0.39, 0.29) is 22.8 Å². The molecule has 0 bridgehead atoms. The third-order valence-electron chi connectivity index (χ3n) is 6.46. The van der Waals surface area contributed by atoms with Crippen LogP contribution in [0.2, 0.25) is 0 Å². The van der Waals surface area contributed by atoms with Gasteiger partial charge in [0.1, 0.15) is 28.9 Å². The van der Waals surface area contributed by atoms with E-state index in [0.717, 1.165) is 11.7 Å². The minimum Gasteiger partial charge on any atom is -1.00 e. The summed E-state index contributed by atoms with van der Waals surface area (Å²) >= 11 is 0. The molecular weight excluding hydrogens is 527 g/mol. The minimum absolute atomic E-state index is 0. The highest BCUT2D eigenvalue weighted by Crippen LogP contribution is 2.55. The summed E-state index contributed by atoms with van der Waals surface area (Å²) in [4.78, 5) is 17.9. The molecule has 0 amide bonds. The fourth-order valence-corrected chi connectivity index (χ4v) is 8.99. The summed E-state index contributed by atoms with van der Waals surface area (Å²) in [5.74, 6) is 0.130. The molecule has 1 heterocycles. The van der Waals surface area contributed by atoms with Gasteiger partial charge in [0.15, 0.2) is 5.78 Å². The number of Topliss-reactive ketones (excluding diaryl/α,β-unsaturated/α-hetero) is 1. The summed E-state index contributed by atoms with van der Waals surface area (Å²) in [6.07, 6.45) is 4.68. The van der Waals surface area contributed by atoms with Gasteiger partial charge in [-0.25, -0.2) is 4.98 Å². The molecule has 0 saturated heterocycles. The van der Waals surface area contributed by atoms with Gasteiger partial charge < -0.3 is 21.5 Å². The lowest BCUT2D eigenvalue weighted by atomic mass is 10.2. The average Bonchev–Trinajstić information content (AvgIpc) is 3.39. The third-order valence-corrected chi connectivity index (χ3v) is 10.9. The molecule has 0 aliphatic carbocycles. The normalized spacial score (nSPS) is 11.0. The molecule has 0 N–H and O–H groups in total. The summed E-state index contributed by atoms with van der Waals surface area (Å²) in [6.45, 7) is 0.637. The maximum Gasteiger partial charge on any atom is 0.184 e. The van der Waals surface area contributed by atoms with Crippen molar-refractivity contribution in [3.63, 3.8) is 0 Å². The topological polar surface area (TPSA) is 34.9 Å². The van der Waals surface area contributed by atoms with E-state index in [9.17, 15) is 4.79 Å². The van der Waals surface area contributed by atoms with Gasteiger partial charge in [-0.15, -0.1) is 0 Å². The van der Waals surface area contributed by atoms with Crippen molar-refractivity contribution in [1.82, 2.24) is 9.55 Å².